The Morgan fingerprint density at radius 2 is 1.47 bits per heavy atom. The number of imidazole rings is 1. The molecule has 36 heavy (non-hydrogen) atoms. The normalized spacial score (nSPS) is 27.7. The molecule has 3 heteroatoms. The second-order valence-corrected chi connectivity index (χ2v) is 13.1. The molecule has 0 spiro atoms. The minimum Gasteiger partial charge on any atom is -0.314 e. The molecular weight excluding hydrogens is 438 g/mol. The standard InChI is InChI=1S/C33H55N3/c1-33(2)23-13-8-4-6-10-17-29(26-33)28-16-9-5-3-7-11-19-30(20-15-18-28)34-24-22-31-27-36-25-14-12-21-32(36)35-31/h12,14,21,25,27-30,34H,3-11,13,15-20,22-24,26H2,1-2H3. The van der Waals surface area contributed by atoms with Gasteiger partial charge in [0.25, 0.3) is 0 Å². The summed E-state index contributed by atoms with van der Waals surface area (Å²) in [4.78, 5) is 4.80. The number of rotatable bonds is 5. The second-order valence-electron chi connectivity index (χ2n) is 13.1. The first-order chi connectivity index (χ1) is 17.6. The predicted molar refractivity (Wildman–Crippen MR) is 155 cm³/mol. The Hall–Kier alpha value is -1.35. The fraction of sp³-hybridized carbons (Fsp3) is 0.788. The van der Waals surface area contributed by atoms with Gasteiger partial charge in [0.05, 0.1) is 5.69 Å². The lowest BCUT2D eigenvalue weighted by molar-refractivity contribution is 0.155. The topological polar surface area (TPSA) is 29.3 Å². The third-order valence-electron chi connectivity index (χ3n) is 9.39. The third-order valence-corrected chi connectivity index (χ3v) is 9.39. The van der Waals surface area contributed by atoms with Crippen LogP contribution in [0.3, 0.4) is 0 Å². The van der Waals surface area contributed by atoms with E-state index in [-0.39, 0.29) is 0 Å². The molecule has 2 aromatic rings. The molecule has 3 nitrogen and oxygen atoms in total. The first-order valence-corrected chi connectivity index (χ1v) is 15.8. The molecule has 2 saturated carbocycles. The second kappa shape index (κ2) is 14.6. The van der Waals surface area contributed by atoms with Crippen molar-refractivity contribution in [2.24, 2.45) is 17.3 Å². The minimum atomic E-state index is 0.535. The third kappa shape index (κ3) is 9.19. The Morgan fingerprint density at radius 3 is 2.28 bits per heavy atom. The van der Waals surface area contributed by atoms with Gasteiger partial charge in [0, 0.05) is 31.4 Å². The molecule has 0 aliphatic heterocycles. The fourth-order valence-corrected chi connectivity index (χ4v) is 7.29. The summed E-state index contributed by atoms with van der Waals surface area (Å²) in [7, 11) is 0. The van der Waals surface area contributed by atoms with E-state index in [1.807, 2.05) is 0 Å². The van der Waals surface area contributed by atoms with Gasteiger partial charge in [0.2, 0.25) is 0 Å². The van der Waals surface area contributed by atoms with E-state index in [2.05, 4.69) is 54.2 Å². The van der Waals surface area contributed by atoms with Crippen LogP contribution in [0.4, 0.5) is 0 Å². The van der Waals surface area contributed by atoms with Crippen molar-refractivity contribution in [3.63, 3.8) is 0 Å². The van der Waals surface area contributed by atoms with Crippen LogP contribution in [-0.4, -0.2) is 22.0 Å². The molecule has 1 N–H and O–H groups in total. The van der Waals surface area contributed by atoms with E-state index in [1.54, 1.807) is 0 Å². The summed E-state index contributed by atoms with van der Waals surface area (Å²) < 4.78 is 2.14. The van der Waals surface area contributed by atoms with Crippen molar-refractivity contribution in [3.8, 4) is 0 Å². The van der Waals surface area contributed by atoms with E-state index in [0.717, 1.165) is 30.4 Å². The van der Waals surface area contributed by atoms with E-state index in [1.165, 1.54) is 121 Å². The summed E-state index contributed by atoms with van der Waals surface area (Å²) in [6, 6.07) is 6.93. The number of pyridine rings is 1. The lowest BCUT2D eigenvalue weighted by atomic mass is 9.70. The van der Waals surface area contributed by atoms with Crippen LogP contribution in [0.15, 0.2) is 30.6 Å². The van der Waals surface area contributed by atoms with Gasteiger partial charge in [0.1, 0.15) is 5.65 Å². The lowest BCUT2D eigenvalue weighted by Crippen LogP contribution is -2.31. The van der Waals surface area contributed by atoms with Crippen molar-refractivity contribution in [3.05, 3.63) is 36.3 Å². The Kier molecular flexibility index (Phi) is 11.2. The molecular formula is C33H55N3. The number of nitrogens with zero attached hydrogens (tertiary/aromatic N) is 2. The molecule has 0 aromatic carbocycles. The zero-order valence-electron chi connectivity index (χ0n) is 23.7. The van der Waals surface area contributed by atoms with Crippen LogP contribution in [0.1, 0.15) is 135 Å². The maximum Gasteiger partial charge on any atom is 0.136 e. The van der Waals surface area contributed by atoms with E-state index in [9.17, 15) is 0 Å². The van der Waals surface area contributed by atoms with E-state index < -0.39 is 0 Å². The van der Waals surface area contributed by atoms with Crippen molar-refractivity contribution in [2.75, 3.05) is 6.54 Å². The van der Waals surface area contributed by atoms with Gasteiger partial charge in [-0.2, -0.15) is 0 Å². The van der Waals surface area contributed by atoms with Crippen LogP contribution in [0, 0.1) is 17.3 Å². The number of fused-ring (bicyclic) bond motifs is 1. The quantitative estimate of drug-likeness (QED) is 0.450. The largest absolute Gasteiger partial charge is 0.314 e. The van der Waals surface area contributed by atoms with Crippen molar-refractivity contribution in [2.45, 2.75) is 142 Å². The van der Waals surface area contributed by atoms with Gasteiger partial charge in [-0.25, -0.2) is 4.98 Å². The molecule has 2 heterocycles. The summed E-state index contributed by atoms with van der Waals surface area (Å²) in [6.07, 6.45) is 31.3. The van der Waals surface area contributed by atoms with Gasteiger partial charge in [0.15, 0.2) is 0 Å². The zero-order valence-corrected chi connectivity index (χ0v) is 23.7. The van der Waals surface area contributed by atoms with Crippen LogP contribution in [0.2, 0.25) is 0 Å². The van der Waals surface area contributed by atoms with Crippen LogP contribution in [-0.2, 0) is 6.42 Å². The van der Waals surface area contributed by atoms with Crippen molar-refractivity contribution in [1.82, 2.24) is 14.7 Å². The molecule has 2 aliphatic carbocycles. The minimum absolute atomic E-state index is 0.535. The smallest absolute Gasteiger partial charge is 0.136 e. The van der Waals surface area contributed by atoms with Gasteiger partial charge in [-0.1, -0.05) is 110 Å². The molecule has 3 unspecified atom stereocenters. The van der Waals surface area contributed by atoms with E-state index in [4.69, 9.17) is 4.98 Å². The molecule has 2 aromatic heterocycles. The SMILES string of the molecule is CC1(C)CCCCCCCC(C2CCCCCCCC(NCCc3cn4ccccc4n3)CCC2)C1. The van der Waals surface area contributed by atoms with Crippen LogP contribution >= 0.6 is 0 Å². The highest BCUT2D eigenvalue weighted by atomic mass is 15.0. The maximum atomic E-state index is 4.80. The van der Waals surface area contributed by atoms with Gasteiger partial charge in [-0.05, 0) is 55.1 Å². The molecule has 0 radical (unpaired) electrons. The highest BCUT2D eigenvalue weighted by Crippen LogP contribution is 2.41. The van der Waals surface area contributed by atoms with Crippen molar-refractivity contribution >= 4 is 5.65 Å². The highest BCUT2D eigenvalue weighted by Gasteiger charge is 2.29. The van der Waals surface area contributed by atoms with E-state index in [0.29, 0.717) is 11.5 Å². The molecule has 2 aliphatic rings. The van der Waals surface area contributed by atoms with Gasteiger partial charge in [-0.15, -0.1) is 0 Å². The van der Waals surface area contributed by atoms with Crippen molar-refractivity contribution < 1.29 is 0 Å². The average Bonchev–Trinajstić information content (AvgIpc) is 3.27. The first kappa shape index (κ1) is 27.7. The molecule has 3 atom stereocenters. The summed E-state index contributed by atoms with van der Waals surface area (Å²) in [6.45, 7) is 6.19. The lowest BCUT2D eigenvalue weighted by Gasteiger charge is -2.36. The number of aromatic nitrogens is 2. The summed E-state index contributed by atoms with van der Waals surface area (Å²) in [5, 5.41) is 3.96. The Balaban J connectivity index is 1.30. The Morgan fingerprint density at radius 1 is 0.806 bits per heavy atom. The predicted octanol–water partition coefficient (Wildman–Crippen LogP) is 9.14. The van der Waals surface area contributed by atoms with Crippen LogP contribution in [0.5, 0.6) is 0 Å². The molecule has 0 saturated heterocycles. The summed E-state index contributed by atoms with van der Waals surface area (Å²) >= 11 is 0. The summed E-state index contributed by atoms with van der Waals surface area (Å²) in [5.74, 6) is 1.92. The van der Waals surface area contributed by atoms with Crippen LogP contribution < -0.4 is 5.32 Å². The van der Waals surface area contributed by atoms with Crippen molar-refractivity contribution in [1.29, 1.82) is 0 Å². The number of nitrogens with one attached hydrogen (secondary N) is 1. The fourth-order valence-electron chi connectivity index (χ4n) is 7.29. The van der Waals surface area contributed by atoms with Crippen LogP contribution in [0.25, 0.3) is 5.65 Å². The average molecular weight is 494 g/mol. The molecule has 4 rings (SSSR count). The number of hydrogen-bond donors (Lipinski definition) is 1. The Labute approximate surface area is 222 Å². The Bertz CT molecular complexity index is 836. The monoisotopic (exact) mass is 493 g/mol. The molecule has 0 bridgehead atoms. The van der Waals surface area contributed by atoms with E-state index >= 15 is 0 Å². The zero-order chi connectivity index (χ0) is 25.1. The first-order valence-electron chi connectivity index (χ1n) is 15.8. The van der Waals surface area contributed by atoms with Gasteiger partial charge < -0.3 is 9.72 Å². The number of hydrogen-bond acceptors (Lipinski definition) is 2. The van der Waals surface area contributed by atoms with Gasteiger partial charge in [-0.3, -0.25) is 0 Å². The maximum absolute atomic E-state index is 4.80. The summed E-state index contributed by atoms with van der Waals surface area (Å²) in [5.41, 5.74) is 2.81. The molecule has 2 fully saturated rings. The molecule has 202 valence electrons. The molecule has 0 amide bonds. The highest BCUT2D eigenvalue weighted by molar-refractivity contribution is 5.39. The van der Waals surface area contributed by atoms with Gasteiger partial charge >= 0.3 is 0 Å².